The number of hydrogen-bond donors (Lipinski definition) is 1. The highest BCUT2D eigenvalue weighted by Gasteiger charge is 2.28. The summed E-state index contributed by atoms with van der Waals surface area (Å²) in [5.74, 6) is 1.27. The number of benzene rings is 2. The molecule has 1 heterocycles. The van der Waals surface area contributed by atoms with E-state index >= 15 is 0 Å². The molecule has 156 valence electrons. The van der Waals surface area contributed by atoms with E-state index < -0.39 is 10.0 Å². The molecule has 3 rings (SSSR count). The number of nitrogens with zero attached hydrogens (tertiary/aromatic N) is 1. The summed E-state index contributed by atoms with van der Waals surface area (Å²) in [6.07, 6.45) is 1.72. The summed E-state index contributed by atoms with van der Waals surface area (Å²) in [6, 6.07) is 12.7. The fourth-order valence-electron chi connectivity index (χ4n) is 3.24. The van der Waals surface area contributed by atoms with Gasteiger partial charge in [0.05, 0.1) is 15.5 Å². The van der Waals surface area contributed by atoms with E-state index in [1.54, 1.807) is 11.8 Å². The zero-order chi connectivity index (χ0) is 20.9. The van der Waals surface area contributed by atoms with E-state index in [2.05, 4.69) is 30.4 Å². The van der Waals surface area contributed by atoms with E-state index in [9.17, 15) is 13.2 Å². The highest BCUT2D eigenvalue weighted by atomic mass is 35.5. The lowest BCUT2D eigenvalue weighted by molar-refractivity contribution is 0.0956. The van der Waals surface area contributed by atoms with Crippen molar-refractivity contribution in [3.8, 4) is 0 Å². The van der Waals surface area contributed by atoms with Gasteiger partial charge in [-0.05, 0) is 43.5 Å². The van der Waals surface area contributed by atoms with Gasteiger partial charge in [0.15, 0.2) is 0 Å². The average Bonchev–Trinajstić information content (AvgIpc) is 3.23. The molecule has 0 bridgehead atoms. The maximum atomic E-state index is 12.7. The van der Waals surface area contributed by atoms with Gasteiger partial charge >= 0.3 is 0 Å². The number of thioether (sulfide) groups is 1. The van der Waals surface area contributed by atoms with Crippen LogP contribution < -0.4 is 5.32 Å². The highest BCUT2D eigenvalue weighted by Crippen LogP contribution is 2.25. The second-order valence-electron chi connectivity index (χ2n) is 7.05. The predicted molar refractivity (Wildman–Crippen MR) is 119 cm³/mol. The number of halogens is 1. The molecule has 0 saturated carbocycles. The van der Waals surface area contributed by atoms with Gasteiger partial charge in [-0.3, -0.25) is 4.79 Å². The number of carbonyl (C=O) groups excluding carboxylic acids is 1. The quantitative estimate of drug-likeness (QED) is 0.612. The summed E-state index contributed by atoms with van der Waals surface area (Å²) in [7, 11) is -3.58. The van der Waals surface area contributed by atoms with Gasteiger partial charge in [0.25, 0.3) is 5.91 Å². The van der Waals surface area contributed by atoms with Crippen LogP contribution in [0.5, 0.6) is 0 Å². The Morgan fingerprint density at radius 3 is 2.66 bits per heavy atom. The summed E-state index contributed by atoms with van der Waals surface area (Å²) in [5.41, 5.74) is 2.68. The van der Waals surface area contributed by atoms with Gasteiger partial charge in [-0.25, -0.2) is 8.42 Å². The SMILES string of the molecule is Cc1cccc(CSCCNC(=O)c2cc(S(=O)(=O)N3CCCC3)ccc2Cl)c1. The largest absolute Gasteiger partial charge is 0.351 e. The number of sulfonamides is 1. The van der Waals surface area contributed by atoms with Crippen LogP contribution in [-0.2, 0) is 15.8 Å². The molecule has 2 aromatic carbocycles. The van der Waals surface area contributed by atoms with Gasteiger partial charge in [0.2, 0.25) is 10.0 Å². The Balaban J connectivity index is 1.56. The molecule has 0 atom stereocenters. The fraction of sp³-hybridized carbons (Fsp3) is 0.381. The molecule has 5 nitrogen and oxygen atoms in total. The van der Waals surface area contributed by atoms with E-state index in [0.29, 0.717) is 19.6 Å². The third kappa shape index (κ3) is 5.75. The Bertz CT molecular complexity index is 974. The zero-order valence-electron chi connectivity index (χ0n) is 16.4. The molecule has 29 heavy (non-hydrogen) atoms. The van der Waals surface area contributed by atoms with Crippen LogP contribution in [0, 0.1) is 6.92 Å². The third-order valence-corrected chi connectivity index (χ3v) is 8.02. The molecule has 1 aliphatic heterocycles. The van der Waals surface area contributed by atoms with Crippen LogP contribution in [-0.4, -0.2) is 44.0 Å². The van der Waals surface area contributed by atoms with E-state index in [4.69, 9.17) is 11.6 Å². The van der Waals surface area contributed by atoms with Crippen LogP contribution in [0.3, 0.4) is 0 Å². The molecule has 0 spiro atoms. The second-order valence-corrected chi connectivity index (χ2v) is 10.5. The first-order valence-corrected chi connectivity index (χ1v) is 12.6. The molecule has 1 N–H and O–H groups in total. The van der Waals surface area contributed by atoms with Crippen molar-refractivity contribution in [2.45, 2.75) is 30.4 Å². The number of nitrogens with one attached hydrogen (secondary N) is 1. The van der Waals surface area contributed by atoms with E-state index in [-0.39, 0.29) is 21.4 Å². The molecule has 0 unspecified atom stereocenters. The lowest BCUT2D eigenvalue weighted by atomic mass is 10.2. The van der Waals surface area contributed by atoms with Crippen molar-refractivity contribution in [1.29, 1.82) is 0 Å². The lowest BCUT2D eigenvalue weighted by Gasteiger charge is -2.16. The summed E-state index contributed by atoms with van der Waals surface area (Å²) in [4.78, 5) is 12.6. The molecule has 1 saturated heterocycles. The number of aryl methyl sites for hydroxylation is 1. The average molecular weight is 453 g/mol. The minimum absolute atomic E-state index is 0.114. The van der Waals surface area contributed by atoms with Gasteiger partial charge in [-0.15, -0.1) is 0 Å². The smallest absolute Gasteiger partial charge is 0.252 e. The summed E-state index contributed by atoms with van der Waals surface area (Å²) < 4.78 is 26.9. The number of amides is 1. The van der Waals surface area contributed by atoms with Crippen molar-refractivity contribution in [1.82, 2.24) is 9.62 Å². The molecular formula is C21H25ClN2O3S2. The van der Waals surface area contributed by atoms with Crippen molar-refractivity contribution in [3.05, 3.63) is 64.2 Å². The molecule has 2 aromatic rings. The lowest BCUT2D eigenvalue weighted by Crippen LogP contribution is -2.29. The molecule has 1 aliphatic rings. The van der Waals surface area contributed by atoms with Gasteiger partial charge in [-0.2, -0.15) is 16.1 Å². The minimum atomic E-state index is -3.58. The van der Waals surface area contributed by atoms with Crippen LogP contribution in [0.2, 0.25) is 5.02 Å². The molecule has 0 aromatic heterocycles. The van der Waals surface area contributed by atoms with Crippen molar-refractivity contribution in [3.63, 3.8) is 0 Å². The molecule has 0 aliphatic carbocycles. The summed E-state index contributed by atoms with van der Waals surface area (Å²) >= 11 is 7.89. The normalized spacial score (nSPS) is 14.8. The van der Waals surface area contributed by atoms with Gasteiger partial charge in [-0.1, -0.05) is 41.4 Å². The monoisotopic (exact) mass is 452 g/mol. The van der Waals surface area contributed by atoms with E-state index in [1.807, 2.05) is 6.07 Å². The van der Waals surface area contributed by atoms with Crippen molar-refractivity contribution < 1.29 is 13.2 Å². The first-order valence-electron chi connectivity index (χ1n) is 9.59. The van der Waals surface area contributed by atoms with Crippen molar-refractivity contribution in [2.75, 3.05) is 25.4 Å². The Hall–Kier alpha value is -1.54. The second kappa shape index (κ2) is 9.98. The van der Waals surface area contributed by atoms with Gasteiger partial charge in [0.1, 0.15) is 0 Å². The van der Waals surface area contributed by atoms with Crippen LogP contribution in [0.25, 0.3) is 0 Å². The topological polar surface area (TPSA) is 66.5 Å². The zero-order valence-corrected chi connectivity index (χ0v) is 18.7. The molecule has 1 amide bonds. The Labute approximate surface area is 181 Å². The molecule has 1 fully saturated rings. The first kappa shape index (κ1) is 22.2. The standard InChI is InChI=1S/C21H25ClN2O3S2/c1-16-5-4-6-17(13-16)15-28-12-9-23-21(25)19-14-18(7-8-20(19)22)29(26,27)24-10-2-3-11-24/h4-8,13-14H,2-3,9-12,15H2,1H3,(H,23,25). The molecule has 8 heteroatoms. The summed E-state index contributed by atoms with van der Waals surface area (Å²) in [6.45, 7) is 3.58. The maximum absolute atomic E-state index is 12.7. The van der Waals surface area contributed by atoms with Gasteiger partial charge < -0.3 is 5.32 Å². The molecular weight excluding hydrogens is 428 g/mol. The third-order valence-electron chi connectivity index (χ3n) is 4.77. The Kier molecular flexibility index (Phi) is 7.62. The maximum Gasteiger partial charge on any atom is 0.252 e. The predicted octanol–water partition coefficient (Wildman–Crippen LogP) is 4.10. The minimum Gasteiger partial charge on any atom is -0.351 e. The van der Waals surface area contributed by atoms with Crippen molar-refractivity contribution in [2.24, 2.45) is 0 Å². The molecule has 0 radical (unpaired) electrons. The van der Waals surface area contributed by atoms with E-state index in [1.165, 1.54) is 33.6 Å². The first-order chi connectivity index (χ1) is 13.9. The number of hydrogen-bond acceptors (Lipinski definition) is 4. The van der Waals surface area contributed by atoms with Crippen LogP contribution >= 0.6 is 23.4 Å². The van der Waals surface area contributed by atoms with Crippen LogP contribution in [0.15, 0.2) is 47.4 Å². The number of rotatable bonds is 8. The summed E-state index contributed by atoms with van der Waals surface area (Å²) in [5, 5.41) is 3.08. The number of carbonyl (C=O) groups is 1. The van der Waals surface area contributed by atoms with E-state index in [0.717, 1.165) is 24.3 Å². The Morgan fingerprint density at radius 1 is 1.17 bits per heavy atom. The van der Waals surface area contributed by atoms with Crippen LogP contribution in [0.1, 0.15) is 34.3 Å². The Morgan fingerprint density at radius 2 is 1.93 bits per heavy atom. The van der Waals surface area contributed by atoms with Crippen molar-refractivity contribution >= 4 is 39.3 Å². The fourth-order valence-corrected chi connectivity index (χ4v) is 5.79. The highest BCUT2D eigenvalue weighted by molar-refractivity contribution is 7.98. The van der Waals surface area contributed by atoms with Gasteiger partial charge in [0, 0.05) is 31.1 Å². The van der Waals surface area contributed by atoms with Crippen LogP contribution in [0.4, 0.5) is 0 Å².